The molecule has 0 aliphatic rings. The van der Waals surface area contributed by atoms with Gasteiger partial charge in [-0.3, -0.25) is 4.79 Å². The van der Waals surface area contributed by atoms with Gasteiger partial charge in [0.25, 0.3) is 5.91 Å². The van der Waals surface area contributed by atoms with Crippen molar-refractivity contribution in [2.24, 2.45) is 0 Å². The summed E-state index contributed by atoms with van der Waals surface area (Å²) >= 11 is 0. The topological polar surface area (TPSA) is 47.6 Å². The Bertz CT molecular complexity index is 701. The number of ether oxygens (including phenoxy) is 2. The van der Waals surface area contributed by atoms with E-state index < -0.39 is 17.6 Å². The van der Waals surface area contributed by atoms with Crippen LogP contribution in [0.15, 0.2) is 48.5 Å². The molecule has 0 aliphatic heterocycles. The molecule has 0 radical (unpaired) electrons. The van der Waals surface area contributed by atoms with Crippen molar-refractivity contribution in [3.05, 3.63) is 54.1 Å². The number of hydrogen-bond acceptors (Lipinski definition) is 3. The molecule has 1 amide bonds. The summed E-state index contributed by atoms with van der Waals surface area (Å²) in [4.78, 5) is 11.8. The number of carbonyl (C=O) groups excluding carboxylic acids is 1. The third-order valence-corrected chi connectivity index (χ3v) is 2.96. The van der Waals surface area contributed by atoms with Crippen LogP contribution in [0.1, 0.15) is 12.5 Å². The van der Waals surface area contributed by atoms with Crippen molar-refractivity contribution in [2.45, 2.75) is 13.1 Å². The molecule has 0 atom stereocenters. The zero-order chi connectivity index (χ0) is 17.6. The molecule has 0 spiro atoms. The average Bonchev–Trinajstić information content (AvgIpc) is 2.53. The van der Waals surface area contributed by atoms with Crippen molar-refractivity contribution < 1.29 is 27.4 Å². The number of amides is 1. The predicted molar refractivity (Wildman–Crippen MR) is 83.2 cm³/mol. The number of rotatable bonds is 6. The molecular formula is C17H16F3NO3. The van der Waals surface area contributed by atoms with Gasteiger partial charge in [0, 0.05) is 11.8 Å². The van der Waals surface area contributed by atoms with Crippen LogP contribution in [0.25, 0.3) is 0 Å². The van der Waals surface area contributed by atoms with Crippen LogP contribution in [0.2, 0.25) is 0 Å². The maximum absolute atomic E-state index is 12.6. The van der Waals surface area contributed by atoms with Gasteiger partial charge >= 0.3 is 6.18 Å². The first-order valence-corrected chi connectivity index (χ1v) is 7.21. The molecular weight excluding hydrogens is 323 g/mol. The first-order valence-electron chi connectivity index (χ1n) is 7.21. The minimum atomic E-state index is -4.46. The maximum Gasteiger partial charge on any atom is 0.416 e. The molecule has 0 fully saturated rings. The van der Waals surface area contributed by atoms with Gasteiger partial charge in [0.1, 0.15) is 11.5 Å². The zero-order valence-corrected chi connectivity index (χ0v) is 12.9. The molecule has 0 saturated carbocycles. The predicted octanol–water partition coefficient (Wildman–Crippen LogP) is 4.12. The molecule has 0 aromatic heterocycles. The Labute approximate surface area is 137 Å². The van der Waals surface area contributed by atoms with Crippen LogP contribution in [0.4, 0.5) is 18.9 Å². The molecule has 7 heteroatoms. The fourth-order valence-electron chi connectivity index (χ4n) is 1.94. The van der Waals surface area contributed by atoms with Crippen LogP contribution in [-0.2, 0) is 11.0 Å². The molecule has 1 N–H and O–H groups in total. The lowest BCUT2D eigenvalue weighted by Gasteiger charge is -2.11. The molecule has 2 aromatic carbocycles. The van der Waals surface area contributed by atoms with Gasteiger partial charge < -0.3 is 14.8 Å². The van der Waals surface area contributed by atoms with Gasteiger partial charge in [0.15, 0.2) is 6.61 Å². The molecule has 2 rings (SSSR count). The monoisotopic (exact) mass is 339 g/mol. The second-order valence-electron chi connectivity index (χ2n) is 4.82. The van der Waals surface area contributed by atoms with Crippen LogP contribution in [0.5, 0.6) is 11.5 Å². The smallest absolute Gasteiger partial charge is 0.416 e. The largest absolute Gasteiger partial charge is 0.494 e. The average molecular weight is 339 g/mol. The summed E-state index contributed by atoms with van der Waals surface area (Å²) in [6, 6.07) is 11.2. The van der Waals surface area contributed by atoms with E-state index in [4.69, 9.17) is 9.47 Å². The summed E-state index contributed by atoms with van der Waals surface area (Å²) in [5.41, 5.74) is -0.771. The first-order chi connectivity index (χ1) is 11.4. The second-order valence-corrected chi connectivity index (χ2v) is 4.82. The Morgan fingerprint density at radius 3 is 2.38 bits per heavy atom. The summed E-state index contributed by atoms with van der Waals surface area (Å²) < 4.78 is 48.5. The normalized spacial score (nSPS) is 11.0. The van der Waals surface area contributed by atoms with Gasteiger partial charge in [0.05, 0.1) is 12.2 Å². The molecule has 0 saturated heterocycles. The van der Waals surface area contributed by atoms with E-state index in [2.05, 4.69) is 5.32 Å². The number of alkyl halides is 3. The van der Waals surface area contributed by atoms with Crippen molar-refractivity contribution in [3.63, 3.8) is 0 Å². The lowest BCUT2D eigenvalue weighted by molar-refractivity contribution is -0.137. The Morgan fingerprint density at radius 2 is 1.71 bits per heavy atom. The quantitative estimate of drug-likeness (QED) is 0.861. The minimum absolute atomic E-state index is 0.0569. The number of halogens is 3. The van der Waals surface area contributed by atoms with Gasteiger partial charge in [-0.2, -0.15) is 13.2 Å². The highest BCUT2D eigenvalue weighted by Crippen LogP contribution is 2.30. The van der Waals surface area contributed by atoms with E-state index in [1.165, 1.54) is 12.1 Å². The van der Waals surface area contributed by atoms with E-state index >= 15 is 0 Å². The van der Waals surface area contributed by atoms with E-state index in [1.807, 2.05) is 6.92 Å². The molecule has 0 aliphatic carbocycles. The van der Waals surface area contributed by atoms with E-state index in [-0.39, 0.29) is 12.3 Å². The number of nitrogens with one attached hydrogen (secondary N) is 1. The summed E-state index contributed by atoms with van der Waals surface area (Å²) in [7, 11) is 0. The third-order valence-electron chi connectivity index (χ3n) is 2.96. The second kappa shape index (κ2) is 7.72. The summed E-state index contributed by atoms with van der Waals surface area (Å²) in [6.07, 6.45) is -4.46. The van der Waals surface area contributed by atoms with Crippen LogP contribution in [0, 0.1) is 0 Å². The van der Waals surface area contributed by atoms with Crippen LogP contribution < -0.4 is 14.8 Å². The van der Waals surface area contributed by atoms with Crippen LogP contribution >= 0.6 is 0 Å². The van der Waals surface area contributed by atoms with E-state index in [0.29, 0.717) is 18.1 Å². The van der Waals surface area contributed by atoms with Gasteiger partial charge in [-0.05, 0) is 37.3 Å². The highest BCUT2D eigenvalue weighted by molar-refractivity contribution is 5.91. The number of benzene rings is 2. The lowest BCUT2D eigenvalue weighted by atomic mass is 10.2. The fraction of sp³-hybridized carbons (Fsp3) is 0.235. The number of anilines is 1. The maximum atomic E-state index is 12.6. The molecule has 0 unspecified atom stereocenters. The van der Waals surface area contributed by atoms with Crippen molar-refractivity contribution in [3.8, 4) is 11.5 Å². The van der Waals surface area contributed by atoms with E-state index in [0.717, 1.165) is 12.1 Å². The molecule has 2 aromatic rings. The van der Waals surface area contributed by atoms with Gasteiger partial charge in [-0.1, -0.05) is 12.1 Å². The Hall–Kier alpha value is -2.70. The van der Waals surface area contributed by atoms with Crippen LogP contribution in [-0.4, -0.2) is 19.1 Å². The summed E-state index contributed by atoms with van der Waals surface area (Å²) in [5.74, 6) is 0.476. The fourth-order valence-corrected chi connectivity index (χ4v) is 1.94. The zero-order valence-electron chi connectivity index (χ0n) is 12.9. The molecule has 0 heterocycles. The standard InChI is InChI=1S/C17H16F3NO3/c1-2-23-14-7-4-8-15(10-14)24-11-16(22)21-13-6-3-5-12(9-13)17(18,19)20/h3-10H,2,11H2,1H3,(H,21,22). The molecule has 128 valence electrons. The highest BCUT2D eigenvalue weighted by Gasteiger charge is 2.30. The molecule has 4 nitrogen and oxygen atoms in total. The Morgan fingerprint density at radius 1 is 1.04 bits per heavy atom. The third kappa shape index (κ3) is 5.19. The van der Waals surface area contributed by atoms with Crippen molar-refractivity contribution in [1.82, 2.24) is 0 Å². The van der Waals surface area contributed by atoms with Gasteiger partial charge in [-0.25, -0.2) is 0 Å². The van der Waals surface area contributed by atoms with E-state index in [1.54, 1.807) is 24.3 Å². The van der Waals surface area contributed by atoms with Crippen molar-refractivity contribution in [2.75, 3.05) is 18.5 Å². The van der Waals surface area contributed by atoms with Gasteiger partial charge in [-0.15, -0.1) is 0 Å². The van der Waals surface area contributed by atoms with E-state index in [9.17, 15) is 18.0 Å². The first kappa shape index (κ1) is 17.7. The molecule has 0 bridgehead atoms. The Kier molecular flexibility index (Phi) is 5.68. The van der Waals surface area contributed by atoms with Crippen molar-refractivity contribution >= 4 is 11.6 Å². The highest BCUT2D eigenvalue weighted by atomic mass is 19.4. The number of hydrogen-bond donors (Lipinski definition) is 1. The van der Waals surface area contributed by atoms with Gasteiger partial charge in [0.2, 0.25) is 0 Å². The Balaban J connectivity index is 1.93. The van der Waals surface area contributed by atoms with Crippen LogP contribution in [0.3, 0.4) is 0 Å². The number of carbonyl (C=O) groups is 1. The minimum Gasteiger partial charge on any atom is -0.494 e. The lowest BCUT2D eigenvalue weighted by Crippen LogP contribution is -2.20. The summed E-state index contributed by atoms with van der Waals surface area (Å²) in [5, 5.41) is 2.37. The molecule has 24 heavy (non-hydrogen) atoms. The SMILES string of the molecule is CCOc1cccc(OCC(=O)Nc2cccc(C(F)(F)F)c2)c1. The summed E-state index contributed by atoms with van der Waals surface area (Å²) in [6.45, 7) is 2.02. The van der Waals surface area contributed by atoms with Crippen molar-refractivity contribution in [1.29, 1.82) is 0 Å².